The van der Waals surface area contributed by atoms with E-state index in [0.717, 1.165) is 6.42 Å². The Bertz CT molecular complexity index is 555. The highest BCUT2D eigenvalue weighted by Gasteiger charge is 2.10. The molecule has 0 aliphatic rings. The van der Waals surface area contributed by atoms with Crippen LogP contribution in [0.1, 0.15) is 39.0 Å². The Hall–Kier alpha value is -2.21. The lowest BCUT2D eigenvalue weighted by Crippen LogP contribution is -2.22. The van der Waals surface area contributed by atoms with Crippen LogP contribution in [0.25, 0.3) is 0 Å². The van der Waals surface area contributed by atoms with E-state index < -0.39 is 24.3 Å². The molecule has 5 nitrogen and oxygen atoms in total. The van der Waals surface area contributed by atoms with Crippen molar-refractivity contribution in [1.82, 2.24) is 0 Å². The maximum absolute atomic E-state index is 10.4. The van der Waals surface area contributed by atoms with E-state index in [2.05, 4.69) is 0 Å². The number of carbonyl (C=O) groups is 1. The lowest BCUT2D eigenvalue weighted by molar-refractivity contribution is -0.136. The molecule has 3 atom stereocenters. The number of allylic oxidation sites excluding steroid dienone is 8. The summed E-state index contributed by atoms with van der Waals surface area (Å²) in [5.41, 5.74) is 0. The quantitative estimate of drug-likeness (QED) is 0.275. The van der Waals surface area contributed by atoms with Gasteiger partial charge in [0, 0.05) is 6.42 Å². The van der Waals surface area contributed by atoms with Gasteiger partial charge >= 0.3 is 5.97 Å². The summed E-state index contributed by atoms with van der Waals surface area (Å²) >= 11 is 0. The molecule has 0 aliphatic heterocycles. The van der Waals surface area contributed by atoms with Crippen molar-refractivity contribution in [3.8, 4) is 0 Å². The molecule has 0 amide bonds. The van der Waals surface area contributed by atoms with Crippen LogP contribution in [-0.4, -0.2) is 44.7 Å². The molecule has 4 N–H and O–H groups in total. The van der Waals surface area contributed by atoms with Gasteiger partial charge in [-0.15, -0.1) is 0 Å². The van der Waals surface area contributed by atoms with Crippen molar-refractivity contribution in [2.45, 2.75) is 57.3 Å². The topological polar surface area (TPSA) is 98.0 Å². The molecule has 0 aromatic rings. The number of hydrogen-bond donors (Lipinski definition) is 4. The molecule has 0 saturated carbocycles. The fraction of sp³-hybridized carbons (Fsp3) is 0.409. The third-order valence-electron chi connectivity index (χ3n) is 3.44. The van der Waals surface area contributed by atoms with Gasteiger partial charge in [-0.2, -0.15) is 0 Å². The van der Waals surface area contributed by atoms with E-state index in [1.165, 1.54) is 6.08 Å². The zero-order chi connectivity index (χ0) is 20.3. The summed E-state index contributed by atoms with van der Waals surface area (Å²) in [6.07, 6.45) is 20.9. The van der Waals surface area contributed by atoms with Crippen LogP contribution in [0.3, 0.4) is 0 Å². The van der Waals surface area contributed by atoms with Crippen LogP contribution in [0.4, 0.5) is 0 Å². The highest BCUT2D eigenvalue weighted by Crippen LogP contribution is 2.03. The Morgan fingerprint density at radius 1 is 0.815 bits per heavy atom. The predicted octanol–water partition coefficient (Wildman–Crippen LogP) is 3.46. The Morgan fingerprint density at radius 2 is 1.41 bits per heavy atom. The highest BCUT2D eigenvalue weighted by molar-refractivity contribution is 5.66. The monoisotopic (exact) mass is 376 g/mol. The number of aliphatic hydroxyl groups excluding tert-OH is 3. The third-order valence-corrected chi connectivity index (χ3v) is 3.44. The molecule has 0 aromatic heterocycles. The van der Waals surface area contributed by atoms with Crippen LogP contribution >= 0.6 is 0 Å². The fourth-order valence-electron chi connectivity index (χ4n) is 1.94. The lowest BCUT2D eigenvalue weighted by Gasteiger charge is -2.11. The molecule has 0 unspecified atom stereocenters. The highest BCUT2D eigenvalue weighted by atomic mass is 16.4. The van der Waals surface area contributed by atoms with Crippen LogP contribution < -0.4 is 0 Å². The Kier molecular flexibility index (Phi) is 15.8. The van der Waals surface area contributed by atoms with Gasteiger partial charge in [0.15, 0.2) is 0 Å². The summed E-state index contributed by atoms with van der Waals surface area (Å²) in [6.45, 7) is 2.05. The van der Waals surface area contributed by atoms with E-state index >= 15 is 0 Å². The first-order chi connectivity index (χ1) is 13.0. The van der Waals surface area contributed by atoms with Gasteiger partial charge < -0.3 is 20.4 Å². The smallest absolute Gasteiger partial charge is 0.303 e. The molecule has 5 heteroatoms. The van der Waals surface area contributed by atoms with Crippen LogP contribution in [-0.2, 0) is 4.79 Å². The first-order valence-corrected chi connectivity index (χ1v) is 9.21. The van der Waals surface area contributed by atoms with E-state index in [1.807, 2.05) is 19.1 Å². The maximum Gasteiger partial charge on any atom is 0.303 e. The minimum Gasteiger partial charge on any atom is -0.481 e. The molecule has 0 rings (SSSR count). The zero-order valence-electron chi connectivity index (χ0n) is 15.9. The zero-order valence-corrected chi connectivity index (χ0v) is 15.9. The van der Waals surface area contributed by atoms with Crippen molar-refractivity contribution in [2.24, 2.45) is 0 Å². The summed E-state index contributed by atoms with van der Waals surface area (Å²) in [5.74, 6) is -0.861. The minimum absolute atomic E-state index is 0.0530. The normalized spacial score (nSPS) is 16.6. The Morgan fingerprint density at radius 3 is 2.04 bits per heavy atom. The van der Waals surface area contributed by atoms with Crippen LogP contribution in [0, 0.1) is 0 Å². The largest absolute Gasteiger partial charge is 0.481 e. The number of carboxylic acids is 1. The average Bonchev–Trinajstić information content (AvgIpc) is 2.63. The van der Waals surface area contributed by atoms with Gasteiger partial charge in [-0.1, -0.05) is 79.8 Å². The molecule has 27 heavy (non-hydrogen) atoms. The molecule has 0 aliphatic carbocycles. The van der Waals surface area contributed by atoms with Crippen molar-refractivity contribution in [3.63, 3.8) is 0 Å². The van der Waals surface area contributed by atoms with Gasteiger partial charge in [0.05, 0.1) is 18.3 Å². The van der Waals surface area contributed by atoms with Crippen molar-refractivity contribution < 1.29 is 25.2 Å². The van der Waals surface area contributed by atoms with Crippen molar-refractivity contribution >= 4 is 5.97 Å². The maximum atomic E-state index is 10.4. The summed E-state index contributed by atoms with van der Waals surface area (Å²) in [6, 6.07) is 0. The molecule has 0 fully saturated rings. The van der Waals surface area contributed by atoms with E-state index in [4.69, 9.17) is 5.11 Å². The van der Waals surface area contributed by atoms with Crippen molar-refractivity contribution in [1.29, 1.82) is 0 Å². The number of aliphatic hydroxyl groups is 3. The molecule has 0 radical (unpaired) electrons. The SMILES string of the molecule is CC/C=C\C[C@@H](O)/C=C/C=C/C=C\C=C/[C@@H](O)[C@@H](O)C/C=C\CCC(=O)O. The van der Waals surface area contributed by atoms with Gasteiger partial charge in [-0.25, -0.2) is 0 Å². The van der Waals surface area contributed by atoms with E-state index in [0.29, 0.717) is 12.8 Å². The van der Waals surface area contributed by atoms with Crippen molar-refractivity contribution in [2.75, 3.05) is 0 Å². The number of aliphatic carboxylic acids is 1. The third kappa shape index (κ3) is 17.0. The molecule has 0 bridgehead atoms. The molecule has 0 spiro atoms. The molecular formula is C22H32O5. The van der Waals surface area contributed by atoms with E-state index in [-0.39, 0.29) is 12.8 Å². The Labute approximate surface area is 162 Å². The van der Waals surface area contributed by atoms with Gasteiger partial charge in [0.25, 0.3) is 0 Å². The predicted molar refractivity (Wildman–Crippen MR) is 109 cm³/mol. The lowest BCUT2D eigenvalue weighted by atomic mass is 10.1. The molecule has 0 saturated heterocycles. The number of hydrogen-bond acceptors (Lipinski definition) is 4. The summed E-state index contributed by atoms with van der Waals surface area (Å²) in [4.78, 5) is 10.4. The van der Waals surface area contributed by atoms with Gasteiger partial charge in [-0.05, 0) is 25.7 Å². The van der Waals surface area contributed by atoms with E-state index in [9.17, 15) is 20.1 Å². The number of rotatable bonds is 14. The fourth-order valence-corrected chi connectivity index (χ4v) is 1.94. The number of carboxylic acid groups (broad SMARTS) is 1. The molecule has 0 heterocycles. The Balaban J connectivity index is 4.06. The van der Waals surface area contributed by atoms with Crippen LogP contribution in [0.5, 0.6) is 0 Å². The average molecular weight is 376 g/mol. The standard InChI is InChI=1S/C22H32O5/c1-2-3-9-14-19(23)15-10-6-4-5-7-11-16-20(24)21(25)17-12-8-13-18-22(26)27/h3-12,15-16,19-21,23-25H,2,13-14,17-18H2,1H3,(H,26,27)/b6-4+,7-5-,9-3-,12-8-,15-10+,16-11-/t19-,20-,21+/m1/s1. The summed E-state index contributed by atoms with van der Waals surface area (Å²) in [7, 11) is 0. The van der Waals surface area contributed by atoms with Gasteiger partial charge in [-0.3, -0.25) is 4.79 Å². The van der Waals surface area contributed by atoms with Crippen LogP contribution in [0.2, 0.25) is 0 Å². The summed E-state index contributed by atoms with van der Waals surface area (Å²) < 4.78 is 0. The molecule has 0 aromatic carbocycles. The van der Waals surface area contributed by atoms with Gasteiger partial charge in [0.1, 0.15) is 0 Å². The molecule has 150 valence electrons. The van der Waals surface area contributed by atoms with E-state index in [1.54, 1.807) is 54.7 Å². The minimum atomic E-state index is -0.992. The second-order valence-electron chi connectivity index (χ2n) is 5.92. The first kappa shape index (κ1) is 24.8. The first-order valence-electron chi connectivity index (χ1n) is 9.21. The second kappa shape index (κ2) is 17.2. The van der Waals surface area contributed by atoms with Crippen molar-refractivity contribution in [3.05, 3.63) is 72.9 Å². The van der Waals surface area contributed by atoms with Crippen LogP contribution in [0.15, 0.2) is 72.9 Å². The second-order valence-corrected chi connectivity index (χ2v) is 5.92. The molecular weight excluding hydrogens is 344 g/mol. The summed E-state index contributed by atoms with van der Waals surface area (Å²) in [5, 5.41) is 37.7. The van der Waals surface area contributed by atoms with Gasteiger partial charge in [0.2, 0.25) is 0 Å².